The van der Waals surface area contributed by atoms with Crippen molar-refractivity contribution in [2.75, 3.05) is 5.73 Å². The first-order valence-corrected chi connectivity index (χ1v) is 7.49. The third-order valence-electron chi connectivity index (χ3n) is 3.46. The predicted molar refractivity (Wildman–Crippen MR) is 78.8 cm³/mol. The third-order valence-corrected chi connectivity index (χ3v) is 4.51. The zero-order chi connectivity index (χ0) is 13.2. The van der Waals surface area contributed by atoms with Gasteiger partial charge in [-0.3, -0.25) is 0 Å². The lowest BCUT2D eigenvalue weighted by Crippen LogP contribution is -1.89. The van der Waals surface area contributed by atoms with Gasteiger partial charge in [-0.1, -0.05) is 18.2 Å². The molecule has 0 aromatic heterocycles. The molecule has 0 saturated carbocycles. The van der Waals surface area contributed by atoms with Crippen molar-refractivity contribution in [2.24, 2.45) is 0 Å². The van der Waals surface area contributed by atoms with E-state index < -0.39 is 0 Å². The van der Waals surface area contributed by atoms with Gasteiger partial charge in [-0.05, 0) is 54.2 Å². The largest absolute Gasteiger partial charge is 0.399 e. The summed E-state index contributed by atoms with van der Waals surface area (Å²) in [5.74, 6) is 0.590. The Labute approximate surface area is 117 Å². The summed E-state index contributed by atoms with van der Waals surface area (Å²) >= 11 is 1.63. The first kappa shape index (κ1) is 12.5. The van der Waals surface area contributed by atoms with Crippen molar-refractivity contribution in [2.45, 2.75) is 29.9 Å². The maximum Gasteiger partial charge on any atom is 0.126 e. The van der Waals surface area contributed by atoms with Crippen molar-refractivity contribution < 1.29 is 4.39 Å². The fourth-order valence-corrected chi connectivity index (χ4v) is 3.48. The first-order valence-electron chi connectivity index (χ1n) is 6.50. The van der Waals surface area contributed by atoms with E-state index in [4.69, 9.17) is 5.73 Å². The van der Waals surface area contributed by atoms with Crippen molar-refractivity contribution >= 4 is 17.4 Å². The molecule has 2 aromatic carbocycles. The number of nitrogens with two attached hydrogens (primary N) is 1. The Bertz CT molecular complexity index is 589. The Hall–Kier alpha value is -1.48. The van der Waals surface area contributed by atoms with E-state index >= 15 is 0 Å². The van der Waals surface area contributed by atoms with E-state index in [9.17, 15) is 4.39 Å². The molecule has 1 aliphatic carbocycles. The van der Waals surface area contributed by atoms with Crippen LogP contribution in [0.4, 0.5) is 10.1 Å². The van der Waals surface area contributed by atoms with E-state index in [1.807, 2.05) is 6.07 Å². The van der Waals surface area contributed by atoms with Crippen molar-refractivity contribution in [1.29, 1.82) is 0 Å². The lowest BCUT2D eigenvalue weighted by Gasteiger charge is -2.06. The molecule has 3 rings (SSSR count). The SMILES string of the molecule is Nc1cc(F)cc(SCc2ccc3c(c2)CCC3)c1. The quantitative estimate of drug-likeness (QED) is 0.670. The zero-order valence-corrected chi connectivity index (χ0v) is 11.5. The Kier molecular flexibility index (Phi) is 3.47. The highest BCUT2D eigenvalue weighted by Gasteiger charge is 2.10. The summed E-state index contributed by atoms with van der Waals surface area (Å²) in [6.07, 6.45) is 3.68. The highest BCUT2D eigenvalue weighted by molar-refractivity contribution is 7.98. The second kappa shape index (κ2) is 5.25. The number of fused-ring (bicyclic) bond motifs is 1. The molecule has 0 heterocycles. The Morgan fingerprint density at radius 1 is 1.05 bits per heavy atom. The topological polar surface area (TPSA) is 26.0 Å². The number of hydrogen-bond donors (Lipinski definition) is 1. The van der Waals surface area contributed by atoms with Gasteiger partial charge in [-0.25, -0.2) is 4.39 Å². The Balaban J connectivity index is 1.72. The van der Waals surface area contributed by atoms with Gasteiger partial charge in [0.1, 0.15) is 5.82 Å². The Morgan fingerprint density at radius 3 is 2.74 bits per heavy atom. The molecule has 0 amide bonds. The number of nitrogen functional groups attached to an aromatic ring is 1. The minimum Gasteiger partial charge on any atom is -0.399 e. The van der Waals surface area contributed by atoms with Crippen LogP contribution in [0.3, 0.4) is 0 Å². The van der Waals surface area contributed by atoms with Crippen molar-refractivity contribution in [3.63, 3.8) is 0 Å². The predicted octanol–water partition coefficient (Wildman–Crippen LogP) is 4.19. The van der Waals surface area contributed by atoms with Crippen LogP contribution >= 0.6 is 11.8 Å². The van der Waals surface area contributed by atoms with E-state index in [2.05, 4.69) is 18.2 Å². The highest BCUT2D eigenvalue weighted by atomic mass is 32.2. The average Bonchev–Trinajstić information content (AvgIpc) is 2.82. The van der Waals surface area contributed by atoms with Gasteiger partial charge in [0.15, 0.2) is 0 Å². The molecule has 98 valence electrons. The van der Waals surface area contributed by atoms with Gasteiger partial charge in [-0.2, -0.15) is 0 Å². The van der Waals surface area contributed by atoms with Gasteiger partial charge in [-0.15, -0.1) is 11.8 Å². The molecule has 0 atom stereocenters. The van der Waals surface area contributed by atoms with Crippen molar-refractivity contribution in [3.05, 3.63) is 58.9 Å². The van der Waals surface area contributed by atoms with Crippen LogP contribution < -0.4 is 5.73 Å². The Morgan fingerprint density at radius 2 is 1.89 bits per heavy atom. The van der Waals surface area contributed by atoms with Crippen LogP contribution in [0.5, 0.6) is 0 Å². The van der Waals surface area contributed by atoms with Crippen LogP contribution in [-0.2, 0) is 18.6 Å². The smallest absolute Gasteiger partial charge is 0.126 e. The number of anilines is 1. The molecule has 3 heteroatoms. The van der Waals surface area contributed by atoms with Gasteiger partial charge >= 0.3 is 0 Å². The number of thioether (sulfide) groups is 1. The maximum atomic E-state index is 13.2. The summed E-state index contributed by atoms with van der Waals surface area (Å²) in [6.45, 7) is 0. The van der Waals surface area contributed by atoms with E-state index in [0.29, 0.717) is 5.69 Å². The summed E-state index contributed by atoms with van der Waals surface area (Å²) in [5.41, 5.74) is 10.4. The molecule has 0 fully saturated rings. The third kappa shape index (κ3) is 2.92. The van der Waals surface area contributed by atoms with E-state index in [1.165, 1.54) is 48.1 Å². The molecular weight excluding hydrogens is 257 g/mol. The summed E-state index contributed by atoms with van der Waals surface area (Å²) in [4.78, 5) is 0.887. The van der Waals surface area contributed by atoms with E-state index in [0.717, 1.165) is 10.6 Å². The standard InChI is InChI=1S/C16H16FNS/c17-14-7-15(18)9-16(8-14)19-10-11-4-5-12-2-1-3-13(12)6-11/h4-9H,1-3,10,18H2. The summed E-state index contributed by atoms with van der Waals surface area (Å²) in [6, 6.07) is 11.4. The highest BCUT2D eigenvalue weighted by Crippen LogP contribution is 2.28. The summed E-state index contributed by atoms with van der Waals surface area (Å²) < 4.78 is 13.2. The first-order chi connectivity index (χ1) is 9.20. The van der Waals surface area contributed by atoms with Crippen LogP contribution in [-0.4, -0.2) is 0 Å². The van der Waals surface area contributed by atoms with Crippen molar-refractivity contribution in [3.8, 4) is 0 Å². The van der Waals surface area contributed by atoms with Crippen molar-refractivity contribution in [1.82, 2.24) is 0 Å². The van der Waals surface area contributed by atoms with Gasteiger partial charge in [0.05, 0.1) is 0 Å². The van der Waals surface area contributed by atoms with Crippen LogP contribution in [0.15, 0.2) is 41.3 Å². The van der Waals surface area contributed by atoms with Gasteiger partial charge < -0.3 is 5.73 Å². The van der Waals surface area contributed by atoms with Crippen LogP contribution in [0.2, 0.25) is 0 Å². The van der Waals surface area contributed by atoms with Crippen LogP contribution in [0.25, 0.3) is 0 Å². The van der Waals surface area contributed by atoms with Crippen LogP contribution in [0, 0.1) is 5.82 Å². The van der Waals surface area contributed by atoms with Gasteiger partial charge in [0.25, 0.3) is 0 Å². The molecule has 1 nitrogen and oxygen atoms in total. The number of rotatable bonds is 3. The minimum atomic E-state index is -0.267. The summed E-state index contributed by atoms with van der Waals surface area (Å²) in [5, 5.41) is 0. The monoisotopic (exact) mass is 273 g/mol. The average molecular weight is 273 g/mol. The molecule has 19 heavy (non-hydrogen) atoms. The number of benzene rings is 2. The minimum absolute atomic E-state index is 0.267. The van der Waals surface area contributed by atoms with E-state index in [-0.39, 0.29) is 5.82 Å². The van der Waals surface area contributed by atoms with Gasteiger partial charge in [0.2, 0.25) is 0 Å². The second-order valence-electron chi connectivity index (χ2n) is 4.97. The molecular formula is C16H16FNS. The van der Waals surface area contributed by atoms with Crippen LogP contribution in [0.1, 0.15) is 23.1 Å². The lowest BCUT2D eigenvalue weighted by molar-refractivity contribution is 0.625. The molecule has 0 saturated heterocycles. The maximum absolute atomic E-state index is 13.2. The lowest BCUT2D eigenvalue weighted by atomic mass is 10.1. The number of hydrogen-bond acceptors (Lipinski definition) is 2. The van der Waals surface area contributed by atoms with E-state index in [1.54, 1.807) is 11.8 Å². The van der Waals surface area contributed by atoms with Gasteiger partial charge in [0, 0.05) is 16.3 Å². The second-order valence-corrected chi connectivity index (χ2v) is 6.01. The molecule has 0 unspecified atom stereocenters. The molecule has 0 aliphatic heterocycles. The molecule has 2 aromatic rings. The molecule has 0 spiro atoms. The summed E-state index contributed by atoms with van der Waals surface area (Å²) in [7, 11) is 0. The fraction of sp³-hybridized carbons (Fsp3) is 0.250. The molecule has 2 N–H and O–H groups in total. The number of aryl methyl sites for hydroxylation is 2. The molecule has 1 aliphatic rings. The fourth-order valence-electron chi connectivity index (χ4n) is 2.55. The zero-order valence-electron chi connectivity index (χ0n) is 10.7. The number of halogens is 1. The molecule has 0 bridgehead atoms. The normalized spacial score (nSPS) is 13.5. The molecule has 0 radical (unpaired) electrons.